The lowest BCUT2D eigenvalue weighted by Crippen LogP contribution is -2.51. The molecule has 0 aromatic heterocycles. The van der Waals surface area contributed by atoms with E-state index in [4.69, 9.17) is 16.2 Å². The molecule has 4 aliphatic rings. The van der Waals surface area contributed by atoms with Crippen molar-refractivity contribution in [3.8, 4) is 0 Å². The highest BCUT2D eigenvalue weighted by atomic mass is 16.5. The molecule has 5 unspecified atom stereocenters. The minimum Gasteiger partial charge on any atom is -0.461 e. The summed E-state index contributed by atoms with van der Waals surface area (Å²) in [5, 5.41) is 2.70. The van der Waals surface area contributed by atoms with Crippen molar-refractivity contribution < 1.29 is 14.3 Å². The predicted molar refractivity (Wildman–Crippen MR) is 162 cm³/mol. The third kappa shape index (κ3) is 6.33. The Hall–Kier alpha value is -1.40. The molecule has 6 nitrogen and oxygen atoms in total. The molecule has 0 aromatic rings. The van der Waals surface area contributed by atoms with E-state index in [-0.39, 0.29) is 23.4 Å². The van der Waals surface area contributed by atoms with Crippen LogP contribution in [-0.2, 0) is 14.3 Å². The number of hydrogen-bond donors (Lipinski definition) is 3. The molecule has 10 atom stereocenters. The number of hydrogen-bond acceptors (Lipinski definition) is 5. The second kappa shape index (κ2) is 12.9. The maximum atomic E-state index is 12.8. The lowest BCUT2D eigenvalue weighted by Gasteiger charge is -2.58. The van der Waals surface area contributed by atoms with E-state index in [0.29, 0.717) is 18.4 Å². The van der Waals surface area contributed by atoms with Gasteiger partial charge in [-0.2, -0.15) is 0 Å². The molecular formula is C34H59N3O3. The van der Waals surface area contributed by atoms with Crippen LogP contribution < -0.4 is 16.8 Å². The summed E-state index contributed by atoms with van der Waals surface area (Å²) in [6, 6.07) is -1.41. The molecule has 0 radical (unpaired) electrons. The Balaban J connectivity index is 1.36. The second-order valence-electron chi connectivity index (χ2n) is 15.0. The molecular weight excluding hydrogens is 498 g/mol. The molecule has 4 aliphatic carbocycles. The maximum absolute atomic E-state index is 12.8. The normalized spacial score (nSPS) is 37.4. The highest BCUT2D eigenvalue weighted by Gasteiger charge is 2.59. The van der Waals surface area contributed by atoms with Crippen LogP contribution in [0.25, 0.3) is 0 Å². The lowest BCUT2D eigenvalue weighted by atomic mass is 9.47. The molecule has 40 heavy (non-hydrogen) atoms. The fraction of sp³-hybridized carbons (Fsp3) is 0.882. The molecule has 5 N–H and O–H groups in total. The number of carbonyl (C=O) groups is 2. The second-order valence-corrected chi connectivity index (χ2v) is 15.0. The number of allylic oxidation sites excluding steroid dienone is 1. The van der Waals surface area contributed by atoms with E-state index < -0.39 is 12.1 Å². The zero-order valence-electron chi connectivity index (χ0n) is 26.3. The van der Waals surface area contributed by atoms with E-state index in [1.165, 1.54) is 56.9 Å². The molecule has 1 amide bonds. The summed E-state index contributed by atoms with van der Waals surface area (Å²) in [6.07, 6.45) is 16.5. The highest BCUT2D eigenvalue weighted by Crippen LogP contribution is 2.67. The summed E-state index contributed by atoms with van der Waals surface area (Å²) < 4.78 is 5.94. The van der Waals surface area contributed by atoms with Crippen LogP contribution in [0.15, 0.2) is 11.6 Å². The van der Waals surface area contributed by atoms with Gasteiger partial charge in [0.25, 0.3) is 0 Å². The number of nitrogens with two attached hydrogens (primary N) is 2. The Morgan fingerprint density at radius 2 is 1.77 bits per heavy atom. The Bertz CT molecular complexity index is 933. The number of carbonyl (C=O) groups excluding carboxylic acids is 2. The summed E-state index contributed by atoms with van der Waals surface area (Å²) in [5.74, 6) is 4.21. The quantitative estimate of drug-likeness (QED) is 0.210. The lowest BCUT2D eigenvalue weighted by molar-refractivity contribution is -0.155. The van der Waals surface area contributed by atoms with Crippen LogP contribution in [0.1, 0.15) is 119 Å². The average Bonchev–Trinajstić information content (AvgIpc) is 3.26. The van der Waals surface area contributed by atoms with Gasteiger partial charge < -0.3 is 21.5 Å². The van der Waals surface area contributed by atoms with Crippen molar-refractivity contribution in [3.05, 3.63) is 11.6 Å². The molecule has 0 aliphatic heterocycles. The zero-order valence-corrected chi connectivity index (χ0v) is 26.3. The van der Waals surface area contributed by atoms with E-state index in [1.54, 1.807) is 6.92 Å². The molecule has 0 bridgehead atoms. The minimum absolute atomic E-state index is 0.114. The Morgan fingerprint density at radius 3 is 2.48 bits per heavy atom. The number of nitrogens with one attached hydrogen (secondary N) is 1. The topological polar surface area (TPSA) is 107 Å². The summed E-state index contributed by atoms with van der Waals surface area (Å²) in [6.45, 7) is 14.4. The molecule has 228 valence electrons. The van der Waals surface area contributed by atoms with Crippen molar-refractivity contribution in [1.82, 2.24) is 5.32 Å². The molecule has 0 saturated heterocycles. The Morgan fingerprint density at radius 1 is 1.02 bits per heavy atom. The van der Waals surface area contributed by atoms with Crippen LogP contribution >= 0.6 is 0 Å². The van der Waals surface area contributed by atoms with Gasteiger partial charge in [0.1, 0.15) is 12.1 Å². The number of fused-ring (bicyclic) bond motifs is 5. The average molecular weight is 558 g/mol. The van der Waals surface area contributed by atoms with E-state index in [9.17, 15) is 9.59 Å². The monoisotopic (exact) mass is 557 g/mol. The minimum atomic E-state index is -0.714. The van der Waals surface area contributed by atoms with Gasteiger partial charge in [-0.3, -0.25) is 4.79 Å². The van der Waals surface area contributed by atoms with Crippen molar-refractivity contribution in [2.45, 2.75) is 137 Å². The standard InChI is InChI=1S/C34H59N3O3/c1-21(2)8-7-9-22(3)27-12-13-28-26-11-10-24-20-25(14-17-33(24,5)29(26)15-18-34(27,28)6)40-32(39)23(4)37-31(38)30(36)16-19-35/h10,21-23,25-30H,7-9,11-20,35-36H2,1-6H3,(H,37,38)/t22-,23+,25?,26?,27-,28?,29?,30?,33+,34-/m1/s1. The van der Waals surface area contributed by atoms with E-state index in [1.807, 2.05) is 0 Å². The molecule has 6 heteroatoms. The Labute approximate surface area is 244 Å². The maximum Gasteiger partial charge on any atom is 0.328 e. The summed E-state index contributed by atoms with van der Waals surface area (Å²) in [4.78, 5) is 25.0. The molecule has 4 rings (SSSR count). The molecule has 0 aromatic carbocycles. The third-order valence-electron chi connectivity index (χ3n) is 12.1. The fourth-order valence-electron chi connectivity index (χ4n) is 9.71. The summed E-state index contributed by atoms with van der Waals surface area (Å²) >= 11 is 0. The van der Waals surface area contributed by atoms with Crippen LogP contribution in [0.4, 0.5) is 0 Å². The third-order valence-corrected chi connectivity index (χ3v) is 12.1. The van der Waals surface area contributed by atoms with Crippen LogP contribution in [0, 0.1) is 46.3 Å². The first-order chi connectivity index (χ1) is 18.9. The van der Waals surface area contributed by atoms with Crippen molar-refractivity contribution in [2.24, 2.45) is 57.8 Å². The van der Waals surface area contributed by atoms with Gasteiger partial charge in [-0.1, -0.05) is 65.5 Å². The SMILES string of the molecule is CC(C)CCC[C@@H](C)[C@H]1CCC2C3CC=C4CC(OC(=O)[C@H](C)NC(=O)C(N)CCN)CC[C@]4(C)C3CC[C@@]21C. The van der Waals surface area contributed by atoms with E-state index in [2.05, 4.69) is 46.0 Å². The molecule has 0 spiro atoms. The van der Waals surface area contributed by atoms with E-state index >= 15 is 0 Å². The summed E-state index contributed by atoms with van der Waals surface area (Å²) in [7, 11) is 0. The largest absolute Gasteiger partial charge is 0.461 e. The van der Waals surface area contributed by atoms with Crippen LogP contribution in [0.3, 0.4) is 0 Å². The number of ether oxygens (including phenoxy) is 1. The van der Waals surface area contributed by atoms with Gasteiger partial charge in [0.2, 0.25) is 5.91 Å². The Kier molecular flexibility index (Phi) is 10.1. The number of esters is 1. The van der Waals surface area contributed by atoms with Gasteiger partial charge in [0, 0.05) is 6.42 Å². The van der Waals surface area contributed by atoms with Gasteiger partial charge in [-0.25, -0.2) is 4.79 Å². The number of rotatable bonds is 11. The molecule has 3 fully saturated rings. The van der Waals surface area contributed by atoms with Crippen molar-refractivity contribution >= 4 is 11.9 Å². The highest BCUT2D eigenvalue weighted by molar-refractivity contribution is 5.87. The van der Waals surface area contributed by atoms with Crippen LogP contribution in [-0.4, -0.2) is 36.6 Å². The first kappa shape index (κ1) is 31.5. The van der Waals surface area contributed by atoms with Crippen molar-refractivity contribution in [2.75, 3.05) is 6.54 Å². The van der Waals surface area contributed by atoms with Gasteiger partial charge in [-0.15, -0.1) is 0 Å². The van der Waals surface area contributed by atoms with Gasteiger partial charge in [-0.05, 0) is 111 Å². The van der Waals surface area contributed by atoms with Crippen LogP contribution in [0.2, 0.25) is 0 Å². The number of amides is 1. The van der Waals surface area contributed by atoms with Gasteiger partial charge in [0.15, 0.2) is 0 Å². The molecule has 3 saturated carbocycles. The zero-order chi connectivity index (χ0) is 29.2. The fourth-order valence-corrected chi connectivity index (χ4v) is 9.71. The molecule has 0 heterocycles. The first-order valence-corrected chi connectivity index (χ1v) is 16.6. The van der Waals surface area contributed by atoms with Crippen molar-refractivity contribution in [3.63, 3.8) is 0 Å². The van der Waals surface area contributed by atoms with Gasteiger partial charge in [0.05, 0.1) is 6.04 Å². The van der Waals surface area contributed by atoms with Crippen molar-refractivity contribution in [1.29, 1.82) is 0 Å². The van der Waals surface area contributed by atoms with Crippen LogP contribution in [0.5, 0.6) is 0 Å². The van der Waals surface area contributed by atoms with Gasteiger partial charge >= 0.3 is 5.97 Å². The first-order valence-electron chi connectivity index (χ1n) is 16.6. The smallest absolute Gasteiger partial charge is 0.328 e. The predicted octanol–water partition coefficient (Wildman–Crippen LogP) is 6.12. The summed E-state index contributed by atoms with van der Waals surface area (Å²) in [5.41, 5.74) is 13.6. The van der Waals surface area contributed by atoms with E-state index in [0.717, 1.165) is 54.8 Å².